The Bertz CT molecular complexity index is 493. The van der Waals surface area contributed by atoms with Crippen LogP contribution < -0.4 is 5.73 Å². The second-order valence-electron chi connectivity index (χ2n) is 3.24. The van der Waals surface area contributed by atoms with Crippen molar-refractivity contribution in [1.82, 2.24) is 0 Å². The van der Waals surface area contributed by atoms with Gasteiger partial charge in [0.15, 0.2) is 0 Å². The van der Waals surface area contributed by atoms with Crippen LogP contribution in [-0.4, -0.2) is 5.91 Å². The maximum absolute atomic E-state index is 12.5. The Hall–Kier alpha value is -1.25. The molecule has 0 bridgehead atoms. The topological polar surface area (TPSA) is 43.1 Å². The lowest BCUT2D eigenvalue weighted by atomic mass is 10.0. The van der Waals surface area contributed by atoms with Crippen LogP contribution in [0.4, 0.5) is 26.3 Å². The van der Waals surface area contributed by atoms with E-state index >= 15 is 0 Å². The fourth-order valence-electron chi connectivity index (χ4n) is 1.23. The van der Waals surface area contributed by atoms with Crippen molar-refractivity contribution in [2.75, 3.05) is 0 Å². The molecule has 1 aromatic carbocycles. The van der Waals surface area contributed by atoms with Crippen LogP contribution in [0.2, 0.25) is 0 Å². The first-order valence-corrected chi connectivity index (χ1v) is 5.01. The number of hydrogen-bond donors (Lipinski definition) is 1. The molecule has 0 atom stereocenters. The lowest BCUT2D eigenvalue weighted by molar-refractivity contribution is -0.143. The summed E-state index contributed by atoms with van der Waals surface area (Å²) in [6.07, 6.45) is -10.1. The third-order valence-electron chi connectivity index (χ3n) is 1.98. The summed E-state index contributed by atoms with van der Waals surface area (Å²) in [6.45, 7) is 0. The van der Waals surface area contributed by atoms with Crippen molar-refractivity contribution in [3.05, 3.63) is 33.3 Å². The minimum Gasteiger partial charge on any atom is -0.366 e. The van der Waals surface area contributed by atoms with Gasteiger partial charge in [0, 0.05) is 4.47 Å². The fourth-order valence-corrected chi connectivity index (χ4v) is 1.80. The monoisotopic (exact) mass is 335 g/mol. The third kappa shape index (κ3) is 2.95. The van der Waals surface area contributed by atoms with Gasteiger partial charge in [0.1, 0.15) is 0 Å². The Morgan fingerprint density at radius 1 is 1.00 bits per heavy atom. The van der Waals surface area contributed by atoms with Crippen LogP contribution in [0.3, 0.4) is 0 Å². The Balaban J connectivity index is 3.62. The zero-order chi connectivity index (χ0) is 14.3. The molecule has 1 rings (SSSR count). The zero-order valence-corrected chi connectivity index (χ0v) is 9.87. The number of nitrogens with two attached hydrogens (primary N) is 1. The van der Waals surface area contributed by atoms with Gasteiger partial charge in [-0.3, -0.25) is 4.79 Å². The van der Waals surface area contributed by atoms with E-state index in [1.165, 1.54) is 0 Å². The highest BCUT2D eigenvalue weighted by Crippen LogP contribution is 2.40. The second-order valence-corrected chi connectivity index (χ2v) is 4.09. The molecule has 0 aliphatic carbocycles. The lowest BCUT2D eigenvalue weighted by Crippen LogP contribution is -2.20. The van der Waals surface area contributed by atoms with Gasteiger partial charge in [0.25, 0.3) is 0 Å². The molecule has 9 heteroatoms. The molecule has 0 spiro atoms. The van der Waals surface area contributed by atoms with Gasteiger partial charge in [0.05, 0.1) is 16.7 Å². The van der Waals surface area contributed by atoms with Crippen molar-refractivity contribution >= 4 is 21.8 Å². The maximum Gasteiger partial charge on any atom is 0.417 e. The summed E-state index contributed by atoms with van der Waals surface area (Å²) in [7, 11) is 0. The van der Waals surface area contributed by atoms with Crippen molar-refractivity contribution in [2.24, 2.45) is 5.73 Å². The predicted octanol–water partition coefficient (Wildman–Crippen LogP) is 3.59. The van der Waals surface area contributed by atoms with Crippen molar-refractivity contribution in [1.29, 1.82) is 0 Å². The van der Waals surface area contributed by atoms with Gasteiger partial charge in [-0.05, 0) is 12.1 Å². The average Bonchev–Trinajstić information content (AvgIpc) is 2.12. The molecule has 0 radical (unpaired) electrons. The minimum absolute atomic E-state index is 0.149. The Kier molecular flexibility index (Phi) is 3.66. The van der Waals surface area contributed by atoms with Crippen LogP contribution in [0, 0.1) is 0 Å². The minimum atomic E-state index is -5.11. The highest BCUT2D eigenvalue weighted by molar-refractivity contribution is 9.10. The van der Waals surface area contributed by atoms with Crippen molar-refractivity contribution in [3.63, 3.8) is 0 Å². The maximum atomic E-state index is 12.5. The summed E-state index contributed by atoms with van der Waals surface area (Å²) in [5.74, 6) is -1.46. The molecule has 0 saturated heterocycles. The average molecular weight is 336 g/mol. The molecule has 0 aliphatic rings. The van der Waals surface area contributed by atoms with Crippen molar-refractivity contribution < 1.29 is 31.1 Å². The standard InChI is InChI=1S/C9H4BrF6NO/c10-6-1-3(7(17)18)4(8(11,12)13)2-5(6)9(14,15)16/h1-2H,(H2,17,18). The van der Waals surface area contributed by atoms with Gasteiger partial charge in [-0.25, -0.2) is 0 Å². The molecule has 0 heterocycles. The number of rotatable bonds is 1. The van der Waals surface area contributed by atoms with E-state index in [4.69, 9.17) is 5.73 Å². The summed E-state index contributed by atoms with van der Waals surface area (Å²) in [4.78, 5) is 10.8. The first kappa shape index (κ1) is 14.8. The molecule has 1 amide bonds. The van der Waals surface area contributed by atoms with Crippen LogP contribution in [0.5, 0.6) is 0 Å². The van der Waals surface area contributed by atoms with Gasteiger partial charge in [-0.2, -0.15) is 26.3 Å². The van der Waals surface area contributed by atoms with E-state index < -0.39 is 39.4 Å². The first-order valence-electron chi connectivity index (χ1n) is 4.22. The highest BCUT2D eigenvalue weighted by Gasteiger charge is 2.40. The van der Waals surface area contributed by atoms with Gasteiger partial charge >= 0.3 is 12.4 Å². The van der Waals surface area contributed by atoms with E-state index in [0.29, 0.717) is 6.07 Å². The van der Waals surface area contributed by atoms with E-state index in [9.17, 15) is 31.1 Å². The molecular weight excluding hydrogens is 332 g/mol. The molecule has 0 fully saturated rings. The number of halogens is 7. The number of carbonyl (C=O) groups excluding carboxylic acids is 1. The van der Waals surface area contributed by atoms with Crippen molar-refractivity contribution in [3.8, 4) is 0 Å². The number of hydrogen-bond acceptors (Lipinski definition) is 1. The second kappa shape index (κ2) is 4.45. The fraction of sp³-hybridized carbons (Fsp3) is 0.222. The van der Waals surface area contributed by atoms with E-state index in [0.717, 1.165) is 0 Å². The predicted molar refractivity (Wildman–Crippen MR) is 52.7 cm³/mol. The van der Waals surface area contributed by atoms with Crippen LogP contribution in [0.15, 0.2) is 16.6 Å². The number of benzene rings is 1. The quantitative estimate of drug-likeness (QED) is 0.783. The van der Waals surface area contributed by atoms with Crippen molar-refractivity contribution in [2.45, 2.75) is 12.4 Å². The summed E-state index contributed by atoms with van der Waals surface area (Å²) in [5.41, 5.74) is 0.428. The molecule has 0 aromatic heterocycles. The van der Waals surface area contributed by atoms with Crippen LogP contribution in [0.25, 0.3) is 0 Å². The van der Waals surface area contributed by atoms with E-state index in [1.807, 2.05) is 0 Å². The number of alkyl halides is 6. The molecule has 0 saturated carbocycles. The van der Waals surface area contributed by atoms with Gasteiger partial charge in [-0.15, -0.1) is 0 Å². The van der Waals surface area contributed by atoms with Gasteiger partial charge in [0.2, 0.25) is 5.91 Å². The Labute approximate surface area is 105 Å². The third-order valence-corrected chi connectivity index (χ3v) is 2.64. The van der Waals surface area contributed by atoms with Crippen LogP contribution >= 0.6 is 15.9 Å². The Morgan fingerprint density at radius 2 is 1.44 bits per heavy atom. The number of primary amides is 1. The van der Waals surface area contributed by atoms with Crippen LogP contribution in [0.1, 0.15) is 21.5 Å². The summed E-state index contributed by atoms with van der Waals surface area (Å²) >= 11 is 2.46. The molecule has 2 nitrogen and oxygen atoms in total. The highest BCUT2D eigenvalue weighted by atomic mass is 79.9. The lowest BCUT2D eigenvalue weighted by Gasteiger charge is -2.15. The first-order chi connectivity index (χ1) is 7.94. The number of carbonyl (C=O) groups is 1. The van der Waals surface area contributed by atoms with E-state index in [1.54, 1.807) is 0 Å². The summed E-state index contributed by atoms with van der Waals surface area (Å²) in [6, 6.07) is 0.262. The SMILES string of the molecule is NC(=O)c1cc(Br)c(C(F)(F)F)cc1C(F)(F)F. The van der Waals surface area contributed by atoms with E-state index in [-0.39, 0.29) is 6.07 Å². The molecule has 18 heavy (non-hydrogen) atoms. The van der Waals surface area contributed by atoms with Gasteiger partial charge < -0.3 is 5.73 Å². The molecular formula is C9H4BrF6NO. The molecule has 0 unspecified atom stereocenters. The zero-order valence-electron chi connectivity index (χ0n) is 8.29. The molecule has 100 valence electrons. The summed E-state index contributed by atoms with van der Waals surface area (Å²) < 4.78 is 74.2. The molecule has 1 aromatic rings. The normalized spacial score (nSPS) is 12.6. The largest absolute Gasteiger partial charge is 0.417 e. The van der Waals surface area contributed by atoms with E-state index in [2.05, 4.69) is 15.9 Å². The summed E-state index contributed by atoms with van der Waals surface area (Å²) in [5, 5.41) is 0. The van der Waals surface area contributed by atoms with Crippen LogP contribution in [-0.2, 0) is 12.4 Å². The smallest absolute Gasteiger partial charge is 0.366 e. The molecule has 0 aliphatic heterocycles. The van der Waals surface area contributed by atoms with Gasteiger partial charge in [-0.1, -0.05) is 15.9 Å². The molecule has 2 N–H and O–H groups in total. The Morgan fingerprint density at radius 3 is 1.78 bits per heavy atom. The number of amides is 1.